The molecule has 8 heteroatoms. The van der Waals surface area contributed by atoms with Crippen LogP contribution < -0.4 is 0 Å². The molecule has 2 aliphatic rings. The number of hydrogen-bond acceptors (Lipinski definition) is 4. The van der Waals surface area contributed by atoms with Crippen LogP contribution in [0.4, 0.5) is 0 Å². The first kappa shape index (κ1) is 45.4. The highest BCUT2D eigenvalue weighted by Crippen LogP contribution is 2.43. The quantitative estimate of drug-likeness (QED) is 0.122. The first-order valence-corrected chi connectivity index (χ1v) is 24.2. The summed E-state index contributed by atoms with van der Waals surface area (Å²) < 4.78 is 4.41. The van der Waals surface area contributed by atoms with E-state index < -0.39 is 0 Å². The van der Waals surface area contributed by atoms with Crippen molar-refractivity contribution in [2.24, 2.45) is 14.1 Å². The highest BCUT2D eigenvalue weighted by atomic mass is 35.5. The van der Waals surface area contributed by atoms with Crippen LogP contribution >= 0.6 is 23.2 Å². The van der Waals surface area contributed by atoms with Gasteiger partial charge in [0, 0.05) is 73.3 Å². The predicted molar refractivity (Wildman–Crippen MR) is 271 cm³/mol. The van der Waals surface area contributed by atoms with Gasteiger partial charge < -0.3 is 9.13 Å². The lowest BCUT2D eigenvalue weighted by molar-refractivity contribution is 0.169. The summed E-state index contributed by atoms with van der Waals surface area (Å²) in [7, 11) is 4.23. The van der Waals surface area contributed by atoms with Gasteiger partial charge in [-0.25, -0.2) is 9.97 Å². The molecule has 336 valence electrons. The summed E-state index contributed by atoms with van der Waals surface area (Å²) in [6, 6.07) is 60.3. The number of piperidine rings is 2. The Morgan fingerprint density at radius 3 is 1.26 bits per heavy atom. The predicted octanol–water partition coefficient (Wildman–Crippen LogP) is 12.5. The average molecular weight is 912 g/mol. The van der Waals surface area contributed by atoms with E-state index in [0.29, 0.717) is 0 Å². The zero-order chi connectivity index (χ0) is 45.4. The van der Waals surface area contributed by atoms with Crippen molar-refractivity contribution in [2.45, 2.75) is 62.4 Å². The number of aryl methyl sites for hydroxylation is 1. The van der Waals surface area contributed by atoms with Crippen molar-refractivity contribution in [1.82, 2.24) is 28.9 Å². The number of benzene rings is 6. The molecule has 0 bridgehead atoms. The van der Waals surface area contributed by atoms with Crippen LogP contribution in [0.25, 0.3) is 0 Å². The van der Waals surface area contributed by atoms with Gasteiger partial charge in [0.15, 0.2) is 0 Å². The van der Waals surface area contributed by atoms with E-state index >= 15 is 0 Å². The molecular formula is C58H60Cl2N6. The lowest BCUT2D eigenvalue weighted by atomic mass is 9.68. The van der Waals surface area contributed by atoms with Gasteiger partial charge in [0.25, 0.3) is 0 Å². The molecule has 10 rings (SSSR count). The van der Waals surface area contributed by atoms with Crippen molar-refractivity contribution in [1.29, 1.82) is 0 Å². The Morgan fingerprint density at radius 2 is 0.848 bits per heavy atom. The molecule has 0 unspecified atom stereocenters. The third kappa shape index (κ3) is 10.4. The Hall–Kier alpha value is -5.76. The first-order valence-electron chi connectivity index (χ1n) is 23.4. The summed E-state index contributed by atoms with van der Waals surface area (Å²) in [4.78, 5) is 14.8. The van der Waals surface area contributed by atoms with E-state index in [1.54, 1.807) is 0 Å². The number of rotatable bonds is 12. The normalized spacial score (nSPS) is 16.1. The summed E-state index contributed by atoms with van der Waals surface area (Å²) in [6.45, 7) is 6.10. The fourth-order valence-corrected chi connectivity index (χ4v) is 10.6. The highest BCUT2D eigenvalue weighted by molar-refractivity contribution is 6.30. The maximum absolute atomic E-state index is 6.03. The molecule has 6 aromatic carbocycles. The van der Waals surface area contributed by atoms with Gasteiger partial charge in [0.2, 0.25) is 0 Å². The van der Waals surface area contributed by atoms with Crippen LogP contribution in [0.2, 0.25) is 10.0 Å². The third-order valence-electron chi connectivity index (χ3n) is 14.2. The second-order valence-corrected chi connectivity index (χ2v) is 19.1. The topological polar surface area (TPSA) is 42.1 Å². The van der Waals surface area contributed by atoms with E-state index in [0.717, 1.165) is 105 Å². The Balaban J connectivity index is 0.000000166. The summed E-state index contributed by atoms with van der Waals surface area (Å²) in [5.74, 6) is 2.18. The van der Waals surface area contributed by atoms with E-state index in [1.807, 2.05) is 30.5 Å². The maximum atomic E-state index is 6.03. The van der Waals surface area contributed by atoms with Crippen molar-refractivity contribution in [2.75, 3.05) is 26.2 Å². The molecule has 0 radical (unpaired) electrons. The van der Waals surface area contributed by atoms with Crippen molar-refractivity contribution < 1.29 is 0 Å². The molecule has 0 aliphatic carbocycles. The van der Waals surface area contributed by atoms with Crippen LogP contribution in [0.15, 0.2) is 182 Å². The second-order valence-electron chi connectivity index (χ2n) is 18.3. The fourth-order valence-electron chi connectivity index (χ4n) is 10.3. The minimum absolute atomic E-state index is 0.0862. The average Bonchev–Trinajstić information content (AvgIpc) is 3.90. The molecule has 8 aromatic rings. The second kappa shape index (κ2) is 20.8. The molecule has 6 nitrogen and oxygen atoms in total. The zero-order valence-electron chi connectivity index (χ0n) is 38.2. The minimum Gasteiger partial charge on any atom is -0.337 e. The lowest BCUT2D eigenvalue weighted by Gasteiger charge is -2.43. The van der Waals surface area contributed by atoms with Crippen LogP contribution in [0.3, 0.4) is 0 Å². The van der Waals surface area contributed by atoms with Gasteiger partial charge in [0.1, 0.15) is 11.6 Å². The molecule has 0 N–H and O–H groups in total. The van der Waals surface area contributed by atoms with Gasteiger partial charge in [-0.2, -0.15) is 0 Å². The van der Waals surface area contributed by atoms with Gasteiger partial charge >= 0.3 is 0 Å². The lowest BCUT2D eigenvalue weighted by Crippen LogP contribution is -2.43. The van der Waals surface area contributed by atoms with Gasteiger partial charge in [-0.15, -0.1) is 0 Å². The third-order valence-corrected chi connectivity index (χ3v) is 14.8. The maximum Gasteiger partial charge on any atom is 0.113 e. The number of likely N-dealkylation sites (tertiary alicyclic amines) is 2. The number of hydrogen-bond donors (Lipinski definition) is 0. The van der Waals surface area contributed by atoms with E-state index in [1.165, 1.54) is 39.1 Å². The molecular weight excluding hydrogens is 852 g/mol. The van der Waals surface area contributed by atoms with Crippen molar-refractivity contribution in [3.05, 3.63) is 249 Å². The molecule has 0 saturated carbocycles. The van der Waals surface area contributed by atoms with Gasteiger partial charge in [-0.3, -0.25) is 9.80 Å². The molecule has 2 aliphatic heterocycles. The molecule has 2 aromatic heterocycles. The van der Waals surface area contributed by atoms with Crippen molar-refractivity contribution in [3.63, 3.8) is 0 Å². The number of nitrogens with zero attached hydrogens (tertiary/aromatic N) is 6. The van der Waals surface area contributed by atoms with Crippen molar-refractivity contribution >= 4 is 23.2 Å². The summed E-state index contributed by atoms with van der Waals surface area (Å²) in [5.41, 5.74) is 10.8. The van der Waals surface area contributed by atoms with Gasteiger partial charge in [-0.1, -0.05) is 169 Å². The Morgan fingerprint density at radius 1 is 0.470 bits per heavy atom. The Kier molecular flexibility index (Phi) is 14.3. The van der Waals surface area contributed by atoms with Crippen LogP contribution in [-0.4, -0.2) is 55.1 Å². The molecule has 2 saturated heterocycles. The summed E-state index contributed by atoms with van der Waals surface area (Å²) in [6.07, 6.45) is 10.3. The molecule has 0 atom stereocenters. The molecule has 2 fully saturated rings. The van der Waals surface area contributed by atoms with Crippen molar-refractivity contribution in [3.8, 4) is 0 Å². The van der Waals surface area contributed by atoms with Crippen LogP contribution in [0.1, 0.15) is 82.1 Å². The Labute approximate surface area is 401 Å². The summed E-state index contributed by atoms with van der Waals surface area (Å²) in [5, 5.41) is 1.54. The minimum atomic E-state index is 0.0862. The fraction of sp³-hybridized carbons (Fsp3) is 0.276. The van der Waals surface area contributed by atoms with Gasteiger partial charge in [0.05, 0.1) is 11.4 Å². The molecule has 66 heavy (non-hydrogen) atoms. The number of imidazole rings is 2. The van der Waals surface area contributed by atoms with E-state index in [-0.39, 0.29) is 10.8 Å². The van der Waals surface area contributed by atoms with Crippen LogP contribution in [0, 0.1) is 0 Å². The van der Waals surface area contributed by atoms with Crippen LogP contribution in [0.5, 0.6) is 0 Å². The van der Waals surface area contributed by atoms with E-state index in [2.05, 4.69) is 185 Å². The molecule has 4 heterocycles. The smallest absolute Gasteiger partial charge is 0.113 e. The SMILES string of the molecule is Cn1c(CN2CCC(c3ccccc3)(c3ccccc3)CC2)cnc1Cc1ccc(Cl)cc1.Cn1cc(CN2CCC(c3ccccc3)(c3ccccc3)CC2)nc1Cc1ccc(Cl)cc1. The largest absolute Gasteiger partial charge is 0.337 e. The monoisotopic (exact) mass is 910 g/mol. The number of halogens is 2. The first-order chi connectivity index (χ1) is 32.3. The van der Waals surface area contributed by atoms with E-state index in [9.17, 15) is 0 Å². The number of aromatic nitrogens is 4. The van der Waals surface area contributed by atoms with E-state index in [4.69, 9.17) is 33.2 Å². The molecule has 0 amide bonds. The Bertz CT molecular complexity index is 2610. The zero-order valence-corrected chi connectivity index (χ0v) is 39.8. The highest BCUT2D eigenvalue weighted by Gasteiger charge is 2.39. The molecule has 0 spiro atoms. The summed E-state index contributed by atoms with van der Waals surface area (Å²) >= 11 is 12.1. The van der Waals surface area contributed by atoms with Gasteiger partial charge in [-0.05, 0) is 110 Å². The standard InChI is InChI=1S/2C29H30ClN3/c1-32-21-27(31-28(32)20-23-12-14-26(30)15-13-23)22-33-18-16-29(17-19-33,24-8-4-2-5-9-24)25-10-6-3-7-11-25;1-32-27(21-31-28(32)20-23-12-14-26(30)15-13-23)22-33-18-16-29(17-19-33,24-8-4-2-5-9-24)25-10-6-3-7-11-25/h2*2-15,21H,16-20,22H2,1H3. The van der Waals surface area contributed by atoms with Crippen LogP contribution in [-0.2, 0) is 50.9 Å².